The third kappa shape index (κ3) is 1.58. The maximum atomic E-state index is 3.34. The molecule has 0 aromatic rings. The predicted molar refractivity (Wildman–Crippen MR) is 49.7 cm³/mol. The number of nitrogens with one attached hydrogen (secondary N) is 1. The molecule has 0 bridgehead atoms. The van der Waals surface area contributed by atoms with Crippen LogP contribution >= 0.6 is 0 Å². The summed E-state index contributed by atoms with van der Waals surface area (Å²) in [7, 11) is 0. The van der Waals surface area contributed by atoms with Gasteiger partial charge in [0.05, 0.1) is 0 Å². The van der Waals surface area contributed by atoms with Crippen molar-refractivity contribution in [1.82, 2.24) is 5.32 Å². The average Bonchev–Trinajstić information content (AvgIpc) is 1.83. The maximum Gasteiger partial charge on any atom is 0.00206 e. The van der Waals surface area contributed by atoms with E-state index in [1.807, 2.05) is 13.8 Å². The van der Waals surface area contributed by atoms with Crippen LogP contribution in [0.1, 0.15) is 40.5 Å². The molecule has 1 nitrogen and oxygen atoms in total. The fourth-order valence-electron chi connectivity index (χ4n) is 2.71. The van der Waals surface area contributed by atoms with Crippen LogP contribution < -0.4 is 5.32 Å². The molecule has 0 aromatic heterocycles. The first-order valence-electron chi connectivity index (χ1n) is 4.83. The topological polar surface area (TPSA) is 12.0 Å². The first-order chi connectivity index (χ1) is 5.12. The summed E-state index contributed by atoms with van der Waals surface area (Å²) in [4.78, 5) is 0. The zero-order valence-electron chi connectivity index (χ0n) is 8.33. The molecule has 1 saturated carbocycles. The molecule has 1 aliphatic heterocycles. The van der Waals surface area contributed by atoms with Crippen LogP contribution in [0.2, 0.25) is 0 Å². The molecular weight excluding hydrogens is 134 g/mol. The molecule has 1 spiro atoms. The van der Waals surface area contributed by atoms with Gasteiger partial charge in [-0.1, -0.05) is 27.7 Å². The molecule has 66 valence electrons. The Hall–Kier alpha value is -0.0400. The highest BCUT2D eigenvalue weighted by atomic mass is 15.0. The largest absolute Gasteiger partial charge is 0.316 e. The minimum Gasteiger partial charge on any atom is -0.316 e. The van der Waals surface area contributed by atoms with Gasteiger partial charge in [0.15, 0.2) is 0 Å². The lowest BCUT2D eigenvalue weighted by atomic mass is 9.52. The minimum atomic E-state index is 0.669. The SMILES string of the molecule is CC.CC1(C)CC2(CNC2)C1. The molecule has 2 rings (SSSR count). The second kappa shape index (κ2) is 2.78. The summed E-state index contributed by atoms with van der Waals surface area (Å²) in [5.41, 5.74) is 1.44. The van der Waals surface area contributed by atoms with E-state index in [0.717, 1.165) is 5.41 Å². The minimum absolute atomic E-state index is 0.669. The molecular formula is C10H21N. The molecule has 0 amide bonds. The van der Waals surface area contributed by atoms with Gasteiger partial charge in [-0.2, -0.15) is 0 Å². The molecule has 1 aliphatic carbocycles. The van der Waals surface area contributed by atoms with Crippen molar-refractivity contribution in [2.75, 3.05) is 13.1 Å². The van der Waals surface area contributed by atoms with Gasteiger partial charge in [0.25, 0.3) is 0 Å². The summed E-state index contributed by atoms with van der Waals surface area (Å²) >= 11 is 0. The van der Waals surface area contributed by atoms with Crippen LogP contribution in [0, 0.1) is 10.8 Å². The second-order valence-corrected chi connectivity index (χ2v) is 4.62. The van der Waals surface area contributed by atoms with Crippen LogP contribution in [-0.4, -0.2) is 13.1 Å². The molecule has 0 radical (unpaired) electrons. The Bertz CT molecular complexity index is 124. The summed E-state index contributed by atoms with van der Waals surface area (Å²) < 4.78 is 0. The zero-order valence-corrected chi connectivity index (χ0v) is 8.33. The first-order valence-corrected chi connectivity index (χ1v) is 4.83. The Morgan fingerprint density at radius 1 is 1.00 bits per heavy atom. The van der Waals surface area contributed by atoms with Crippen LogP contribution in [0.3, 0.4) is 0 Å². The van der Waals surface area contributed by atoms with Crippen molar-refractivity contribution in [3.63, 3.8) is 0 Å². The molecule has 1 heteroatoms. The lowest BCUT2D eigenvalue weighted by molar-refractivity contribution is -0.0539. The summed E-state index contributed by atoms with van der Waals surface area (Å²) in [6.45, 7) is 11.3. The van der Waals surface area contributed by atoms with Gasteiger partial charge in [0.1, 0.15) is 0 Å². The smallest absolute Gasteiger partial charge is 0.00206 e. The Kier molecular flexibility index (Phi) is 2.29. The Morgan fingerprint density at radius 2 is 1.45 bits per heavy atom. The molecule has 0 unspecified atom stereocenters. The quantitative estimate of drug-likeness (QED) is 0.566. The van der Waals surface area contributed by atoms with Gasteiger partial charge in [0.2, 0.25) is 0 Å². The van der Waals surface area contributed by atoms with Gasteiger partial charge < -0.3 is 5.32 Å². The molecule has 11 heavy (non-hydrogen) atoms. The first kappa shape index (κ1) is 9.05. The van der Waals surface area contributed by atoms with E-state index in [-0.39, 0.29) is 0 Å². The molecule has 1 saturated heterocycles. The van der Waals surface area contributed by atoms with Crippen molar-refractivity contribution in [2.45, 2.75) is 40.5 Å². The van der Waals surface area contributed by atoms with E-state index in [1.54, 1.807) is 0 Å². The van der Waals surface area contributed by atoms with Crippen molar-refractivity contribution in [1.29, 1.82) is 0 Å². The van der Waals surface area contributed by atoms with E-state index < -0.39 is 0 Å². The van der Waals surface area contributed by atoms with Crippen molar-refractivity contribution in [3.05, 3.63) is 0 Å². The van der Waals surface area contributed by atoms with Gasteiger partial charge in [-0.25, -0.2) is 0 Å². The highest BCUT2D eigenvalue weighted by Gasteiger charge is 2.52. The Morgan fingerprint density at radius 3 is 1.55 bits per heavy atom. The standard InChI is InChI=1S/C8H15N.C2H6/c1-7(2)3-8(4-7)5-9-6-8;1-2/h9H,3-6H2,1-2H3;1-2H3. The maximum absolute atomic E-state index is 3.34. The van der Waals surface area contributed by atoms with Crippen LogP contribution in [0.4, 0.5) is 0 Å². The van der Waals surface area contributed by atoms with Crippen LogP contribution in [0.5, 0.6) is 0 Å². The average molecular weight is 155 g/mol. The molecule has 0 aromatic carbocycles. The van der Waals surface area contributed by atoms with Crippen LogP contribution in [0.15, 0.2) is 0 Å². The molecule has 0 atom stereocenters. The van der Waals surface area contributed by atoms with Crippen LogP contribution in [0.25, 0.3) is 0 Å². The summed E-state index contributed by atoms with van der Waals surface area (Å²) in [5.74, 6) is 0. The van der Waals surface area contributed by atoms with E-state index in [2.05, 4.69) is 19.2 Å². The van der Waals surface area contributed by atoms with Crippen molar-refractivity contribution >= 4 is 0 Å². The fourth-order valence-corrected chi connectivity index (χ4v) is 2.71. The lowest BCUT2D eigenvalue weighted by Crippen LogP contribution is -2.62. The Balaban J connectivity index is 0.000000281. The summed E-state index contributed by atoms with van der Waals surface area (Å²) in [6, 6.07) is 0. The number of hydrogen-bond acceptors (Lipinski definition) is 1. The van der Waals surface area contributed by atoms with Crippen molar-refractivity contribution in [3.8, 4) is 0 Å². The third-order valence-corrected chi connectivity index (χ3v) is 2.71. The number of hydrogen-bond donors (Lipinski definition) is 1. The van der Waals surface area contributed by atoms with Gasteiger partial charge in [-0.15, -0.1) is 0 Å². The molecule has 1 heterocycles. The lowest BCUT2D eigenvalue weighted by Gasteiger charge is -2.59. The molecule has 2 fully saturated rings. The van der Waals surface area contributed by atoms with E-state index in [1.165, 1.54) is 25.9 Å². The van der Waals surface area contributed by atoms with E-state index in [4.69, 9.17) is 0 Å². The van der Waals surface area contributed by atoms with Crippen molar-refractivity contribution < 1.29 is 0 Å². The highest BCUT2D eigenvalue weighted by molar-refractivity contribution is 5.06. The van der Waals surface area contributed by atoms with Gasteiger partial charge in [0, 0.05) is 13.1 Å². The third-order valence-electron chi connectivity index (χ3n) is 2.71. The van der Waals surface area contributed by atoms with Gasteiger partial charge in [-0.3, -0.25) is 0 Å². The van der Waals surface area contributed by atoms with Crippen molar-refractivity contribution in [2.24, 2.45) is 10.8 Å². The Labute approximate surface area is 70.6 Å². The highest BCUT2D eigenvalue weighted by Crippen LogP contribution is 2.55. The number of rotatable bonds is 0. The van der Waals surface area contributed by atoms with E-state index in [9.17, 15) is 0 Å². The molecule has 2 aliphatic rings. The van der Waals surface area contributed by atoms with Gasteiger partial charge in [-0.05, 0) is 23.7 Å². The predicted octanol–water partition coefficient (Wildman–Crippen LogP) is 2.42. The fraction of sp³-hybridized carbons (Fsp3) is 1.00. The second-order valence-electron chi connectivity index (χ2n) is 4.62. The molecule has 1 N–H and O–H groups in total. The van der Waals surface area contributed by atoms with Crippen LogP contribution in [-0.2, 0) is 0 Å². The summed E-state index contributed by atoms with van der Waals surface area (Å²) in [6.07, 6.45) is 2.90. The normalized spacial score (nSPS) is 29.5. The van der Waals surface area contributed by atoms with E-state index in [0.29, 0.717) is 5.41 Å². The van der Waals surface area contributed by atoms with E-state index >= 15 is 0 Å². The summed E-state index contributed by atoms with van der Waals surface area (Å²) in [5, 5.41) is 3.34. The zero-order chi connectivity index (χ0) is 8.54. The monoisotopic (exact) mass is 155 g/mol. The van der Waals surface area contributed by atoms with Gasteiger partial charge >= 0.3 is 0 Å².